The van der Waals surface area contributed by atoms with Crippen molar-refractivity contribution in [1.82, 2.24) is 9.97 Å². The smallest absolute Gasteiger partial charge is 0.251 e. The summed E-state index contributed by atoms with van der Waals surface area (Å²) < 4.78 is 13.5. The monoisotopic (exact) mass is 253 g/mol. The Labute approximate surface area is 102 Å². The van der Waals surface area contributed by atoms with E-state index in [1.807, 2.05) is 0 Å². The van der Waals surface area contributed by atoms with Crippen LogP contribution in [0.15, 0.2) is 18.2 Å². The van der Waals surface area contributed by atoms with Gasteiger partial charge in [-0.05, 0) is 19.1 Å². The maximum atomic E-state index is 13.5. The summed E-state index contributed by atoms with van der Waals surface area (Å²) in [5, 5.41) is 0.328. The third kappa shape index (κ3) is 2.14. The van der Waals surface area contributed by atoms with Crippen LogP contribution in [-0.4, -0.2) is 15.9 Å². The zero-order valence-electron chi connectivity index (χ0n) is 8.92. The quantitative estimate of drug-likeness (QED) is 0.862. The second kappa shape index (κ2) is 4.18. The van der Waals surface area contributed by atoms with Crippen LogP contribution in [0.5, 0.6) is 0 Å². The molecule has 4 nitrogen and oxygen atoms in total. The molecule has 0 atom stereocenters. The van der Waals surface area contributed by atoms with Gasteiger partial charge in [-0.25, -0.2) is 9.37 Å². The van der Waals surface area contributed by atoms with Crippen molar-refractivity contribution in [1.29, 1.82) is 0 Å². The average molecular weight is 254 g/mol. The standard InChI is InChI=1S/C11H9ClFN3O/c1-5-15-9(10(12)16-5)6-2-3-7(11(14)17)8(13)4-6/h2-4H,1H3,(H2,14,17)(H,15,16). The third-order valence-electron chi connectivity index (χ3n) is 2.29. The normalized spacial score (nSPS) is 10.5. The van der Waals surface area contributed by atoms with E-state index in [2.05, 4.69) is 9.97 Å². The molecule has 17 heavy (non-hydrogen) atoms. The number of imidazole rings is 1. The molecule has 0 radical (unpaired) electrons. The number of carbonyl (C=O) groups excluding carboxylic acids is 1. The molecule has 0 aliphatic rings. The fraction of sp³-hybridized carbons (Fsp3) is 0.0909. The predicted octanol–water partition coefficient (Wildman–Crippen LogP) is 2.28. The largest absolute Gasteiger partial charge is 0.366 e. The van der Waals surface area contributed by atoms with E-state index in [1.165, 1.54) is 12.1 Å². The molecule has 1 heterocycles. The van der Waals surface area contributed by atoms with Gasteiger partial charge in [-0.2, -0.15) is 0 Å². The minimum atomic E-state index is -0.807. The van der Waals surface area contributed by atoms with Gasteiger partial charge in [0.1, 0.15) is 22.5 Å². The van der Waals surface area contributed by atoms with Crippen LogP contribution in [0.4, 0.5) is 4.39 Å². The summed E-state index contributed by atoms with van der Waals surface area (Å²) in [6.07, 6.45) is 0. The summed E-state index contributed by atoms with van der Waals surface area (Å²) in [7, 11) is 0. The lowest BCUT2D eigenvalue weighted by Crippen LogP contribution is -2.12. The minimum Gasteiger partial charge on any atom is -0.366 e. The molecule has 0 bridgehead atoms. The van der Waals surface area contributed by atoms with Crippen LogP contribution in [0.2, 0.25) is 5.15 Å². The third-order valence-corrected chi connectivity index (χ3v) is 2.56. The number of benzene rings is 1. The van der Waals surface area contributed by atoms with Gasteiger partial charge in [0.2, 0.25) is 0 Å². The molecule has 6 heteroatoms. The first-order chi connectivity index (χ1) is 7.99. The Morgan fingerprint density at radius 3 is 2.71 bits per heavy atom. The van der Waals surface area contributed by atoms with Gasteiger partial charge >= 0.3 is 0 Å². The molecule has 0 saturated heterocycles. The zero-order chi connectivity index (χ0) is 12.6. The van der Waals surface area contributed by atoms with E-state index in [-0.39, 0.29) is 5.56 Å². The molecule has 0 spiro atoms. The van der Waals surface area contributed by atoms with Gasteiger partial charge in [-0.15, -0.1) is 0 Å². The van der Waals surface area contributed by atoms with Crippen molar-refractivity contribution >= 4 is 17.5 Å². The van der Waals surface area contributed by atoms with E-state index in [1.54, 1.807) is 13.0 Å². The number of aromatic nitrogens is 2. The summed E-state index contributed by atoms with van der Waals surface area (Å²) in [4.78, 5) is 17.8. The number of nitrogens with one attached hydrogen (secondary N) is 1. The second-order valence-electron chi connectivity index (χ2n) is 3.54. The molecule has 0 saturated carbocycles. The molecule has 0 aliphatic carbocycles. The number of nitrogens with two attached hydrogens (primary N) is 1. The summed E-state index contributed by atoms with van der Waals surface area (Å²) in [5.74, 6) is -0.866. The van der Waals surface area contributed by atoms with Gasteiger partial charge in [-0.3, -0.25) is 4.79 Å². The summed E-state index contributed by atoms with van der Waals surface area (Å²) in [6.45, 7) is 1.74. The molecular formula is C11H9ClFN3O. The highest BCUT2D eigenvalue weighted by molar-refractivity contribution is 6.31. The van der Waals surface area contributed by atoms with Crippen LogP contribution in [0.25, 0.3) is 11.3 Å². The summed E-state index contributed by atoms with van der Waals surface area (Å²) in [5.41, 5.74) is 5.79. The SMILES string of the molecule is Cc1nc(-c2ccc(C(N)=O)c(F)c2)c(Cl)[nH]1. The predicted molar refractivity (Wildman–Crippen MR) is 62.2 cm³/mol. The van der Waals surface area contributed by atoms with E-state index in [9.17, 15) is 9.18 Å². The molecule has 0 unspecified atom stereocenters. The van der Waals surface area contributed by atoms with Crippen LogP contribution in [0, 0.1) is 12.7 Å². The van der Waals surface area contributed by atoms with Gasteiger partial charge in [0.05, 0.1) is 5.56 Å². The van der Waals surface area contributed by atoms with Crippen LogP contribution in [-0.2, 0) is 0 Å². The Hall–Kier alpha value is -1.88. The lowest BCUT2D eigenvalue weighted by molar-refractivity contribution is 0.0996. The van der Waals surface area contributed by atoms with E-state index in [4.69, 9.17) is 17.3 Å². The van der Waals surface area contributed by atoms with Crippen molar-refractivity contribution in [2.45, 2.75) is 6.92 Å². The van der Waals surface area contributed by atoms with E-state index in [0.717, 1.165) is 0 Å². The number of aryl methyl sites for hydroxylation is 1. The highest BCUT2D eigenvalue weighted by atomic mass is 35.5. The number of H-pyrrole nitrogens is 1. The number of aromatic amines is 1. The van der Waals surface area contributed by atoms with Crippen LogP contribution < -0.4 is 5.73 Å². The van der Waals surface area contributed by atoms with E-state index >= 15 is 0 Å². The Morgan fingerprint density at radius 1 is 1.53 bits per heavy atom. The number of nitrogens with zero attached hydrogens (tertiary/aromatic N) is 1. The Morgan fingerprint density at radius 2 is 2.24 bits per heavy atom. The van der Waals surface area contributed by atoms with Crippen molar-refractivity contribution in [2.75, 3.05) is 0 Å². The first-order valence-electron chi connectivity index (χ1n) is 4.81. The van der Waals surface area contributed by atoms with Gasteiger partial charge in [0.15, 0.2) is 0 Å². The van der Waals surface area contributed by atoms with E-state index < -0.39 is 11.7 Å². The first kappa shape index (κ1) is 11.6. The molecule has 0 fully saturated rings. The van der Waals surface area contributed by atoms with E-state index in [0.29, 0.717) is 22.2 Å². The summed E-state index contributed by atoms with van der Waals surface area (Å²) >= 11 is 5.90. The number of halogens is 2. The number of hydrogen-bond acceptors (Lipinski definition) is 2. The fourth-order valence-electron chi connectivity index (χ4n) is 1.52. The van der Waals surface area contributed by atoms with Crippen molar-refractivity contribution in [3.63, 3.8) is 0 Å². The number of amides is 1. The second-order valence-corrected chi connectivity index (χ2v) is 3.92. The van der Waals surface area contributed by atoms with Gasteiger partial charge in [0, 0.05) is 5.56 Å². The average Bonchev–Trinajstić information content (AvgIpc) is 2.57. The van der Waals surface area contributed by atoms with Crippen molar-refractivity contribution in [2.24, 2.45) is 5.73 Å². The number of hydrogen-bond donors (Lipinski definition) is 2. The van der Waals surface area contributed by atoms with Gasteiger partial charge < -0.3 is 10.7 Å². The highest BCUT2D eigenvalue weighted by Gasteiger charge is 2.13. The molecule has 3 N–H and O–H groups in total. The summed E-state index contributed by atoms with van der Waals surface area (Å²) in [6, 6.07) is 4.04. The lowest BCUT2D eigenvalue weighted by atomic mass is 10.1. The van der Waals surface area contributed by atoms with Gasteiger partial charge in [0.25, 0.3) is 5.91 Å². The molecular weight excluding hydrogens is 245 g/mol. The molecule has 2 rings (SSSR count). The molecule has 1 amide bonds. The first-order valence-corrected chi connectivity index (χ1v) is 5.18. The highest BCUT2D eigenvalue weighted by Crippen LogP contribution is 2.26. The number of rotatable bonds is 2. The van der Waals surface area contributed by atoms with Crippen LogP contribution >= 0.6 is 11.6 Å². The molecule has 0 aliphatic heterocycles. The minimum absolute atomic E-state index is 0.155. The Kier molecular flexibility index (Phi) is 2.85. The maximum absolute atomic E-state index is 13.5. The Bertz CT molecular complexity index is 594. The maximum Gasteiger partial charge on any atom is 0.251 e. The lowest BCUT2D eigenvalue weighted by Gasteiger charge is -2.01. The van der Waals surface area contributed by atoms with Crippen molar-refractivity contribution in [3.05, 3.63) is 40.6 Å². The molecule has 1 aromatic heterocycles. The van der Waals surface area contributed by atoms with Crippen LogP contribution in [0.3, 0.4) is 0 Å². The number of primary amides is 1. The van der Waals surface area contributed by atoms with Crippen molar-refractivity contribution < 1.29 is 9.18 Å². The molecule has 1 aromatic carbocycles. The Balaban J connectivity index is 2.51. The van der Waals surface area contributed by atoms with Crippen molar-refractivity contribution in [3.8, 4) is 11.3 Å². The topological polar surface area (TPSA) is 71.8 Å². The molecule has 2 aromatic rings. The molecule has 88 valence electrons. The number of carbonyl (C=O) groups is 1. The fourth-order valence-corrected chi connectivity index (χ4v) is 1.80. The van der Waals surface area contributed by atoms with Crippen LogP contribution in [0.1, 0.15) is 16.2 Å². The van der Waals surface area contributed by atoms with Gasteiger partial charge in [-0.1, -0.05) is 17.7 Å². The zero-order valence-corrected chi connectivity index (χ0v) is 9.68.